The van der Waals surface area contributed by atoms with Crippen molar-refractivity contribution in [3.8, 4) is 0 Å². The van der Waals surface area contributed by atoms with Gasteiger partial charge < -0.3 is 5.11 Å². The van der Waals surface area contributed by atoms with Crippen molar-refractivity contribution in [3.63, 3.8) is 0 Å². The minimum absolute atomic E-state index is 0.175. The number of benzene rings is 1. The van der Waals surface area contributed by atoms with E-state index in [2.05, 4.69) is 5.32 Å². The van der Waals surface area contributed by atoms with E-state index in [1.807, 2.05) is 20.8 Å². The van der Waals surface area contributed by atoms with E-state index in [9.17, 15) is 19.5 Å². The molecule has 7 nitrogen and oxygen atoms in total. The van der Waals surface area contributed by atoms with Crippen LogP contribution in [0.2, 0.25) is 5.02 Å². The molecule has 2 heterocycles. The normalized spacial score (nSPS) is 15.6. The van der Waals surface area contributed by atoms with Gasteiger partial charge >= 0.3 is 12.1 Å². The summed E-state index contributed by atoms with van der Waals surface area (Å²) in [4.78, 5) is 36.6. The number of anilines is 1. The third-order valence-electron chi connectivity index (χ3n) is 4.18. The topological polar surface area (TPSA) is 91.6 Å². The molecule has 1 aromatic carbocycles. The SMILES string of the molecule is CC(C)(C)c1cc2c(Cl)cc(N3CCC(=O)NC3=O)cc2n1C(=O)O. The van der Waals surface area contributed by atoms with Crippen LogP contribution in [0.3, 0.4) is 0 Å². The van der Waals surface area contributed by atoms with Gasteiger partial charge in [0.15, 0.2) is 0 Å². The van der Waals surface area contributed by atoms with E-state index in [0.717, 1.165) is 0 Å². The molecule has 1 fully saturated rings. The summed E-state index contributed by atoms with van der Waals surface area (Å²) in [7, 11) is 0. The quantitative estimate of drug-likeness (QED) is 0.810. The molecular formula is C17H18ClN3O4. The van der Waals surface area contributed by atoms with E-state index >= 15 is 0 Å². The minimum Gasteiger partial charge on any atom is -0.464 e. The van der Waals surface area contributed by atoms with Crippen LogP contribution in [0, 0.1) is 0 Å². The van der Waals surface area contributed by atoms with Gasteiger partial charge in [0.1, 0.15) is 0 Å². The first-order chi connectivity index (χ1) is 11.6. The van der Waals surface area contributed by atoms with Crippen molar-refractivity contribution >= 4 is 46.2 Å². The molecule has 1 aromatic heterocycles. The van der Waals surface area contributed by atoms with E-state index in [0.29, 0.717) is 27.3 Å². The number of hydrogen-bond donors (Lipinski definition) is 2. The van der Waals surface area contributed by atoms with Crippen LogP contribution in [0.25, 0.3) is 10.9 Å². The summed E-state index contributed by atoms with van der Waals surface area (Å²) < 4.78 is 1.19. The first kappa shape index (κ1) is 17.3. The average Bonchev–Trinajstić information content (AvgIpc) is 2.87. The van der Waals surface area contributed by atoms with Crippen molar-refractivity contribution in [3.05, 3.63) is 28.9 Å². The summed E-state index contributed by atoms with van der Waals surface area (Å²) in [5.41, 5.74) is 1.05. The zero-order chi connectivity index (χ0) is 18.5. The number of carboxylic acid groups (broad SMARTS) is 1. The van der Waals surface area contributed by atoms with Crippen LogP contribution in [-0.4, -0.2) is 34.2 Å². The Balaban J connectivity index is 2.22. The Kier molecular flexibility index (Phi) is 3.99. The third-order valence-corrected chi connectivity index (χ3v) is 4.49. The van der Waals surface area contributed by atoms with Crippen LogP contribution < -0.4 is 10.2 Å². The molecule has 2 aromatic rings. The summed E-state index contributed by atoms with van der Waals surface area (Å²) in [6.07, 6.45) is -0.944. The number of urea groups is 1. The molecule has 0 aliphatic carbocycles. The highest BCUT2D eigenvalue weighted by Gasteiger charge is 2.28. The molecule has 0 atom stereocenters. The van der Waals surface area contributed by atoms with Crippen LogP contribution in [0.4, 0.5) is 15.3 Å². The Morgan fingerprint density at radius 2 is 1.92 bits per heavy atom. The summed E-state index contributed by atoms with van der Waals surface area (Å²) in [5.74, 6) is -0.336. The lowest BCUT2D eigenvalue weighted by Gasteiger charge is -2.27. The average molecular weight is 364 g/mol. The van der Waals surface area contributed by atoms with Gasteiger partial charge in [-0.05, 0) is 18.2 Å². The second-order valence-corrected chi connectivity index (χ2v) is 7.42. The molecule has 3 amide bonds. The Bertz CT molecular complexity index is 911. The van der Waals surface area contributed by atoms with E-state index in [1.54, 1.807) is 18.2 Å². The van der Waals surface area contributed by atoms with Crippen LogP contribution >= 0.6 is 11.6 Å². The van der Waals surface area contributed by atoms with Crippen molar-refractivity contribution in [1.82, 2.24) is 9.88 Å². The summed E-state index contributed by atoms with van der Waals surface area (Å²) in [5, 5.41) is 12.9. The lowest BCUT2D eigenvalue weighted by Crippen LogP contribution is -2.49. The van der Waals surface area contributed by atoms with Gasteiger partial charge in [0.25, 0.3) is 0 Å². The number of amides is 3. The zero-order valence-corrected chi connectivity index (χ0v) is 14.8. The number of halogens is 1. The number of aromatic nitrogens is 1. The maximum atomic E-state index is 12.1. The van der Waals surface area contributed by atoms with Crippen LogP contribution in [0.1, 0.15) is 32.9 Å². The molecular weight excluding hydrogens is 346 g/mol. The number of hydrogen-bond acceptors (Lipinski definition) is 3. The van der Waals surface area contributed by atoms with Crippen LogP contribution in [0.5, 0.6) is 0 Å². The van der Waals surface area contributed by atoms with Crippen LogP contribution in [-0.2, 0) is 10.2 Å². The second kappa shape index (κ2) is 5.77. The largest absolute Gasteiger partial charge is 0.464 e. The highest BCUT2D eigenvalue weighted by molar-refractivity contribution is 6.36. The molecule has 1 aliphatic rings. The smallest absolute Gasteiger partial charge is 0.416 e. The Morgan fingerprint density at radius 1 is 1.24 bits per heavy atom. The molecule has 0 saturated carbocycles. The number of rotatable bonds is 1. The van der Waals surface area contributed by atoms with Gasteiger partial charge in [0.2, 0.25) is 5.91 Å². The van der Waals surface area contributed by atoms with Gasteiger partial charge in [-0.3, -0.25) is 15.0 Å². The predicted octanol–water partition coefficient (Wildman–Crippen LogP) is 3.56. The number of imide groups is 1. The van der Waals surface area contributed by atoms with Crippen molar-refractivity contribution in [2.24, 2.45) is 0 Å². The lowest BCUT2D eigenvalue weighted by atomic mass is 9.92. The van der Waals surface area contributed by atoms with Gasteiger partial charge in [0, 0.05) is 35.1 Å². The fourth-order valence-corrected chi connectivity index (χ4v) is 3.24. The van der Waals surface area contributed by atoms with Gasteiger partial charge in [-0.25, -0.2) is 14.2 Å². The summed E-state index contributed by atoms with van der Waals surface area (Å²) in [6.45, 7) is 5.96. The predicted molar refractivity (Wildman–Crippen MR) is 94.6 cm³/mol. The van der Waals surface area contributed by atoms with E-state index in [4.69, 9.17) is 11.6 Å². The zero-order valence-electron chi connectivity index (χ0n) is 14.1. The summed E-state index contributed by atoms with van der Waals surface area (Å²) >= 11 is 6.37. The van der Waals surface area contributed by atoms with Gasteiger partial charge in [0.05, 0.1) is 10.5 Å². The van der Waals surface area contributed by atoms with Crippen molar-refractivity contribution in [1.29, 1.82) is 0 Å². The van der Waals surface area contributed by atoms with E-state index in [-0.39, 0.29) is 18.9 Å². The first-order valence-corrected chi connectivity index (χ1v) is 8.17. The van der Waals surface area contributed by atoms with Crippen molar-refractivity contribution in [2.75, 3.05) is 11.4 Å². The number of nitrogens with zero attached hydrogens (tertiary/aromatic N) is 2. The molecule has 3 rings (SSSR count). The molecule has 25 heavy (non-hydrogen) atoms. The highest BCUT2D eigenvalue weighted by Crippen LogP contribution is 2.36. The number of carbonyl (C=O) groups is 3. The maximum Gasteiger partial charge on any atom is 0.416 e. The lowest BCUT2D eigenvalue weighted by molar-refractivity contribution is -0.120. The fourth-order valence-electron chi connectivity index (χ4n) is 2.97. The Labute approximate surface area is 149 Å². The molecule has 2 N–H and O–H groups in total. The van der Waals surface area contributed by atoms with E-state index < -0.39 is 17.5 Å². The molecule has 0 spiro atoms. The van der Waals surface area contributed by atoms with Crippen molar-refractivity contribution < 1.29 is 19.5 Å². The fraction of sp³-hybridized carbons (Fsp3) is 0.353. The monoisotopic (exact) mass is 363 g/mol. The highest BCUT2D eigenvalue weighted by atomic mass is 35.5. The Hall–Kier alpha value is -2.54. The van der Waals surface area contributed by atoms with Crippen molar-refractivity contribution in [2.45, 2.75) is 32.6 Å². The molecule has 0 unspecified atom stereocenters. The molecule has 132 valence electrons. The molecule has 0 radical (unpaired) electrons. The molecule has 0 bridgehead atoms. The van der Waals surface area contributed by atoms with E-state index in [1.165, 1.54) is 9.47 Å². The first-order valence-electron chi connectivity index (χ1n) is 7.79. The minimum atomic E-state index is -1.12. The standard InChI is InChI=1S/C17H18ClN3O4/c1-17(2,3)13-8-10-11(18)6-9(7-12(10)21(13)16(24)25)20-5-4-14(22)19-15(20)23/h6-8H,4-5H2,1-3H3,(H,24,25)(H,19,22,23). The molecule has 1 aliphatic heterocycles. The number of nitrogens with one attached hydrogen (secondary N) is 1. The summed E-state index contributed by atoms with van der Waals surface area (Å²) in [6, 6.07) is 4.43. The Morgan fingerprint density at radius 3 is 2.48 bits per heavy atom. The van der Waals surface area contributed by atoms with Crippen LogP contribution in [0.15, 0.2) is 18.2 Å². The number of carbonyl (C=O) groups excluding carboxylic acids is 2. The number of fused-ring (bicyclic) bond motifs is 1. The van der Waals surface area contributed by atoms with Gasteiger partial charge in [-0.2, -0.15) is 0 Å². The van der Waals surface area contributed by atoms with Gasteiger partial charge in [-0.1, -0.05) is 32.4 Å². The second-order valence-electron chi connectivity index (χ2n) is 7.01. The maximum absolute atomic E-state index is 12.1. The van der Waals surface area contributed by atoms with Gasteiger partial charge in [-0.15, -0.1) is 0 Å². The third kappa shape index (κ3) is 2.95. The molecule has 8 heteroatoms. The molecule has 1 saturated heterocycles.